The van der Waals surface area contributed by atoms with Gasteiger partial charge in [-0.25, -0.2) is 0 Å². The number of alkyl halides is 2. The van der Waals surface area contributed by atoms with E-state index in [-0.39, 0.29) is 12.1 Å². The van der Waals surface area contributed by atoms with Gasteiger partial charge in [0.15, 0.2) is 0 Å². The first kappa shape index (κ1) is 7.18. The molecule has 0 bridgehead atoms. The molecule has 1 N–H and O–H groups in total. The molecule has 4 heteroatoms. The van der Waals surface area contributed by atoms with Crippen LogP contribution in [0.25, 0.3) is 0 Å². The molecule has 0 saturated heterocycles. The molecule has 1 aromatic rings. The van der Waals surface area contributed by atoms with Gasteiger partial charge in [0.25, 0.3) is 5.92 Å². The third-order valence-electron chi connectivity index (χ3n) is 1.34. The lowest BCUT2D eigenvalue weighted by atomic mass is 10.2. The number of nitrogens with zero attached hydrogens (tertiary/aromatic N) is 1. The molecule has 0 radical (unpaired) electrons. The van der Waals surface area contributed by atoms with Gasteiger partial charge in [-0.1, -0.05) is 6.92 Å². The fraction of sp³-hybridized carbons (Fsp3) is 0.500. The Morgan fingerprint density at radius 2 is 2.40 bits per heavy atom. The summed E-state index contributed by atoms with van der Waals surface area (Å²) in [4.78, 5) is 0. The third kappa shape index (κ3) is 1.15. The molecule has 2 nitrogen and oxygen atoms in total. The van der Waals surface area contributed by atoms with Gasteiger partial charge in [-0.15, -0.1) is 0 Å². The van der Waals surface area contributed by atoms with Crippen LogP contribution in [0.2, 0.25) is 0 Å². The Bertz CT molecular complexity index is 194. The first-order chi connectivity index (χ1) is 4.67. The SMILES string of the molecule is CCC(F)(F)c1ccn[nH]1. The van der Waals surface area contributed by atoms with E-state index in [1.54, 1.807) is 0 Å². The zero-order valence-electron chi connectivity index (χ0n) is 5.56. The highest BCUT2D eigenvalue weighted by molar-refractivity contribution is 5.04. The molecule has 56 valence electrons. The Hall–Kier alpha value is -0.930. The molecule has 10 heavy (non-hydrogen) atoms. The second-order valence-electron chi connectivity index (χ2n) is 2.03. The molecule has 0 amide bonds. The largest absolute Gasteiger partial charge is 0.288 e. The van der Waals surface area contributed by atoms with Crippen molar-refractivity contribution < 1.29 is 8.78 Å². The molecule has 0 aliphatic heterocycles. The summed E-state index contributed by atoms with van der Waals surface area (Å²) < 4.78 is 25.3. The Morgan fingerprint density at radius 1 is 1.70 bits per heavy atom. The number of hydrogen-bond donors (Lipinski definition) is 1. The minimum atomic E-state index is -2.75. The minimum absolute atomic E-state index is 0.116. The zero-order valence-corrected chi connectivity index (χ0v) is 5.56. The van der Waals surface area contributed by atoms with E-state index >= 15 is 0 Å². The third-order valence-corrected chi connectivity index (χ3v) is 1.34. The summed E-state index contributed by atoms with van der Waals surface area (Å²) in [5.41, 5.74) is -0.116. The monoisotopic (exact) mass is 146 g/mol. The fourth-order valence-electron chi connectivity index (χ4n) is 0.650. The molecule has 0 saturated carbocycles. The van der Waals surface area contributed by atoms with Crippen molar-refractivity contribution in [3.05, 3.63) is 18.0 Å². The quantitative estimate of drug-likeness (QED) is 0.678. The summed E-state index contributed by atoms with van der Waals surface area (Å²) in [6.45, 7) is 1.43. The van der Waals surface area contributed by atoms with Crippen LogP contribution in [0.4, 0.5) is 8.78 Å². The number of H-pyrrole nitrogens is 1. The number of aromatic nitrogens is 2. The van der Waals surface area contributed by atoms with E-state index < -0.39 is 5.92 Å². The highest BCUT2D eigenvalue weighted by Gasteiger charge is 2.29. The van der Waals surface area contributed by atoms with Gasteiger partial charge >= 0.3 is 0 Å². The average Bonchev–Trinajstić information content (AvgIpc) is 2.38. The van der Waals surface area contributed by atoms with E-state index in [9.17, 15) is 8.78 Å². The van der Waals surface area contributed by atoms with Gasteiger partial charge in [0.05, 0.1) is 0 Å². The van der Waals surface area contributed by atoms with E-state index in [4.69, 9.17) is 0 Å². The van der Waals surface area contributed by atoms with Crippen molar-refractivity contribution in [2.75, 3.05) is 0 Å². The Morgan fingerprint density at radius 3 is 2.80 bits per heavy atom. The van der Waals surface area contributed by atoms with E-state index in [2.05, 4.69) is 10.2 Å². The van der Waals surface area contributed by atoms with Crippen LogP contribution in [0.1, 0.15) is 19.0 Å². The lowest BCUT2D eigenvalue weighted by Gasteiger charge is -2.09. The van der Waals surface area contributed by atoms with Crippen molar-refractivity contribution in [3.63, 3.8) is 0 Å². The molecule has 1 rings (SSSR count). The summed E-state index contributed by atoms with van der Waals surface area (Å²) in [6.07, 6.45) is 1.12. The molecule has 1 heterocycles. The van der Waals surface area contributed by atoms with Crippen LogP contribution in [0.5, 0.6) is 0 Å². The maximum Gasteiger partial charge on any atom is 0.288 e. The number of rotatable bonds is 2. The van der Waals surface area contributed by atoms with Gasteiger partial charge in [0.2, 0.25) is 0 Å². The highest BCUT2D eigenvalue weighted by atomic mass is 19.3. The smallest absolute Gasteiger partial charge is 0.276 e. The van der Waals surface area contributed by atoms with E-state index in [1.165, 1.54) is 19.2 Å². The number of halogens is 2. The van der Waals surface area contributed by atoms with E-state index in [1.807, 2.05) is 0 Å². The number of hydrogen-bond acceptors (Lipinski definition) is 1. The van der Waals surface area contributed by atoms with Gasteiger partial charge in [-0.2, -0.15) is 13.9 Å². The number of nitrogens with one attached hydrogen (secondary N) is 1. The highest BCUT2D eigenvalue weighted by Crippen LogP contribution is 2.28. The summed E-state index contributed by atoms with van der Waals surface area (Å²) in [5, 5.41) is 5.66. The predicted octanol–water partition coefficient (Wildman–Crippen LogP) is 1.91. The molecule has 0 unspecified atom stereocenters. The average molecular weight is 146 g/mol. The van der Waals surface area contributed by atoms with Crippen molar-refractivity contribution in [3.8, 4) is 0 Å². The van der Waals surface area contributed by atoms with E-state index in [0.29, 0.717) is 0 Å². The van der Waals surface area contributed by atoms with Crippen molar-refractivity contribution in [2.45, 2.75) is 19.3 Å². The molecular weight excluding hydrogens is 138 g/mol. The molecule has 0 spiro atoms. The van der Waals surface area contributed by atoms with Crippen molar-refractivity contribution in [2.24, 2.45) is 0 Å². The van der Waals surface area contributed by atoms with Crippen LogP contribution >= 0.6 is 0 Å². The fourth-order valence-corrected chi connectivity index (χ4v) is 0.650. The predicted molar refractivity (Wildman–Crippen MR) is 32.8 cm³/mol. The standard InChI is InChI=1S/C6H8F2N2/c1-2-6(7,8)5-3-4-9-10-5/h3-4H,2H2,1H3,(H,9,10). The molecule has 0 aliphatic carbocycles. The molecular formula is C6H8F2N2. The zero-order chi connectivity index (χ0) is 7.61. The second-order valence-corrected chi connectivity index (χ2v) is 2.03. The van der Waals surface area contributed by atoms with Crippen LogP contribution in [-0.2, 0) is 5.92 Å². The minimum Gasteiger partial charge on any atom is -0.276 e. The first-order valence-electron chi connectivity index (χ1n) is 3.04. The van der Waals surface area contributed by atoms with Crippen LogP contribution in [0.3, 0.4) is 0 Å². The molecule has 1 aromatic heterocycles. The second kappa shape index (κ2) is 2.36. The van der Waals surface area contributed by atoms with Crippen LogP contribution in [0, 0.1) is 0 Å². The van der Waals surface area contributed by atoms with Crippen LogP contribution < -0.4 is 0 Å². The molecule has 0 aromatic carbocycles. The van der Waals surface area contributed by atoms with Crippen molar-refractivity contribution in [1.82, 2.24) is 10.2 Å². The maximum atomic E-state index is 12.6. The Balaban J connectivity index is 2.85. The normalized spacial score (nSPS) is 11.9. The molecule has 0 atom stereocenters. The van der Waals surface area contributed by atoms with Crippen molar-refractivity contribution in [1.29, 1.82) is 0 Å². The van der Waals surface area contributed by atoms with Crippen LogP contribution in [0.15, 0.2) is 12.3 Å². The van der Waals surface area contributed by atoms with Gasteiger partial charge in [0.1, 0.15) is 5.69 Å². The van der Waals surface area contributed by atoms with Crippen molar-refractivity contribution >= 4 is 0 Å². The lowest BCUT2D eigenvalue weighted by Crippen LogP contribution is -2.11. The topological polar surface area (TPSA) is 28.7 Å². The first-order valence-corrected chi connectivity index (χ1v) is 3.04. The van der Waals surface area contributed by atoms with Gasteiger partial charge < -0.3 is 0 Å². The Labute approximate surface area is 57.3 Å². The summed E-state index contributed by atoms with van der Waals surface area (Å²) in [7, 11) is 0. The van der Waals surface area contributed by atoms with E-state index in [0.717, 1.165) is 0 Å². The summed E-state index contributed by atoms with van der Waals surface area (Å²) in [6, 6.07) is 1.28. The van der Waals surface area contributed by atoms with Gasteiger partial charge in [-0.3, -0.25) is 5.10 Å². The molecule has 0 fully saturated rings. The van der Waals surface area contributed by atoms with Gasteiger partial charge in [0, 0.05) is 12.6 Å². The molecule has 0 aliphatic rings. The van der Waals surface area contributed by atoms with Gasteiger partial charge in [-0.05, 0) is 6.07 Å². The maximum absolute atomic E-state index is 12.6. The Kier molecular flexibility index (Phi) is 1.70. The van der Waals surface area contributed by atoms with Crippen LogP contribution in [-0.4, -0.2) is 10.2 Å². The summed E-state index contributed by atoms with van der Waals surface area (Å²) >= 11 is 0. The summed E-state index contributed by atoms with van der Waals surface area (Å²) in [5.74, 6) is -2.75. The lowest BCUT2D eigenvalue weighted by molar-refractivity contribution is -0.0128. The number of aromatic amines is 1.